The fraction of sp³-hybridized carbons (Fsp3) is 0.308. The molecule has 0 aliphatic carbocycles. The largest absolute Gasteiger partial charge is 0.503 e. The molecule has 0 bridgehead atoms. The van der Waals surface area contributed by atoms with E-state index < -0.39 is 40.7 Å². The van der Waals surface area contributed by atoms with Crippen LogP contribution in [-0.2, 0) is 0 Å². The quantitative estimate of drug-likeness (QED) is 0.846. The Kier molecular flexibility index (Phi) is 4.34. The summed E-state index contributed by atoms with van der Waals surface area (Å²) in [6.07, 6.45) is 0.349. The Hall–Kier alpha value is -2.58. The normalized spacial score (nSPS) is 12.2. The molecule has 9 heteroatoms. The van der Waals surface area contributed by atoms with E-state index in [0.29, 0.717) is 12.5 Å². The molecule has 0 saturated carbocycles. The van der Waals surface area contributed by atoms with Gasteiger partial charge in [0.05, 0.1) is 11.6 Å². The third-order valence-electron chi connectivity index (χ3n) is 2.95. The van der Waals surface area contributed by atoms with Gasteiger partial charge in [-0.2, -0.15) is 9.37 Å². The Labute approximate surface area is 123 Å². The molecule has 0 aliphatic rings. The topological polar surface area (TPSA) is 88.2 Å². The van der Waals surface area contributed by atoms with E-state index in [0.717, 1.165) is 0 Å². The third-order valence-corrected chi connectivity index (χ3v) is 2.95. The number of carbonyl (C=O) groups is 1. The Morgan fingerprint density at radius 3 is 2.64 bits per heavy atom. The van der Waals surface area contributed by atoms with E-state index in [9.17, 15) is 18.0 Å². The molecule has 2 aromatic rings. The SMILES string of the molecule is CC[C@H](NC(=O)c1cc(F)c(F)c(O)c1F)c1noc(C)n1. The summed E-state index contributed by atoms with van der Waals surface area (Å²) in [5, 5.41) is 15.1. The van der Waals surface area contributed by atoms with E-state index in [1.807, 2.05) is 0 Å². The lowest BCUT2D eigenvalue weighted by Crippen LogP contribution is -2.29. The van der Waals surface area contributed by atoms with Gasteiger partial charge in [0, 0.05) is 6.92 Å². The minimum absolute atomic E-state index is 0.167. The average Bonchev–Trinajstić information content (AvgIpc) is 2.92. The zero-order valence-electron chi connectivity index (χ0n) is 11.7. The number of halogens is 3. The molecule has 2 N–H and O–H groups in total. The maximum Gasteiger partial charge on any atom is 0.255 e. The van der Waals surface area contributed by atoms with Gasteiger partial charge in [0.2, 0.25) is 11.7 Å². The van der Waals surface area contributed by atoms with Gasteiger partial charge < -0.3 is 14.9 Å². The number of benzene rings is 1. The van der Waals surface area contributed by atoms with Crippen LogP contribution in [0.15, 0.2) is 10.6 Å². The molecule has 1 aromatic carbocycles. The minimum Gasteiger partial charge on any atom is -0.503 e. The Bertz CT molecular complexity index is 718. The maximum absolute atomic E-state index is 13.7. The van der Waals surface area contributed by atoms with Gasteiger partial charge in [0.25, 0.3) is 5.91 Å². The zero-order valence-corrected chi connectivity index (χ0v) is 11.7. The number of aromatic hydroxyl groups is 1. The average molecular weight is 315 g/mol. The number of nitrogens with one attached hydrogen (secondary N) is 1. The Balaban J connectivity index is 2.29. The van der Waals surface area contributed by atoms with Crippen LogP contribution in [0.4, 0.5) is 13.2 Å². The summed E-state index contributed by atoms with van der Waals surface area (Å²) in [6, 6.07) is -0.340. The lowest BCUT2D eigenvalue weighted by Gasteiger charge is -2.14. The van der Waals surface area contributed by atoms with Gasteiger partial charge in [-0.3, -0.25) is 4.79 Å². The molecule has 0 fully saturated rings. The highest BCUT2D eigenvalue weighted by Crippen LogP contribution is 2.26. The molecule has 0 unspecified atom stereocenters. The number of hydrogen-bond donors (Lipinski definition) is 2. The Morgan fingerprint density at radius 1 is 1.41 bits per heavy atom. The van der Waals surface area contributed by atoms with Crippen LogP contribution in [0.2, 0.25) is 0 Å². The highest BCUT2D eigenvalue weighted by molar-refractivity contribution is 5.95. The van der Waals surface area contributed by atoms with Gasteiger partial charge in [-0.25, -0.2) is 8.78 Å². The summed E-state index contributed by atoms with van der Waals surface area (Å²) >= 11 is 0. The molecule has 0 radical (unpaired) electrons. The lowest BCUT2D eigenvalue weighted by molar-refractivity contribution is 0.0927. The van der Waals surface area contributed by atoms with Crippen molar-refractivity contribution in [3.63, 3.8) is 0 Å². The number of hydrogen-bond acceptors (Lipinski definition) is 5. The first kappa shape index (κ1) is 15.8. The smallest absolute Gasteiger partial charge is 0.255 e. The van der Waals surface area contributed by atoms with Crippen LogP contribution in [0.5, 0.6) is 5.75 Å². The van der Waals surface area contributed by atoms with Crippen LogP contribution in [0.1, 0.15) is 41.5 Å². The van der Waals surface area contributed by atoms with E-state index in [-0.39, 0.29) is 11.7 Å². The fourth-order valence-corrected chi connectivity index (χ4v) is 1.80. The van der Waals surface area contributed by atoms with Crippen LogP contribution in [-0.4, -0.2) is 21.2 Å². The highest BCUT2D eigenvalue weighted by atomic mass is 19.2. The van der Waals surface area contributed by atoms with Crippen LogP contribution in [0.3, 0.4) is 0 Å². The van der Waals surface area contributed by atoms with Crippen LogP contribution >= 0.6 is 0 Å². The molecular weight excluding hydrogens is 303 g/mol. The van der Waals surface area contributed by atoms with Gasteiger partial charge in [-0.1, -0.05) is 12.1 Å². The second-order valence-electron chi connectivity index (χ2n) is 4.49. The number of carbonyl (C=O) groups excluding carboxylic acids is 1. The molecule has 2 rings (SSSR count). The first-order valence-electron chi connectivity index (χ1n) is 6.32. The molecule has 1 heterocycles. The number of phenolic OH excluding ortho intramolecular Hbond substituents is 1. The van der Waals surface area contributed by atoms with Crippen molar-refractivity contribution in [2.45, 2.75) is 26.3 Å². The first-order valence-corrected chi connectivity index (χ1v) is 6.32. The lowest BCUT2D eigenvalue weighted by atomic mass is 10.1. The van der Waals surface area contributed by atoms with Gasteiger partial charge in [0.15, 0.2) is 23.2 Å². The number of phenols is 1. The van der Waals surface area contributed by atoms with Crippen molar-refractivity contribution < 1.29 is 27.6 Å². The number of amides is 1. The predicted octanol–water partition coefficient (Wildman–Crippen LogP) is 2.38. The third kappa shape index (κ3) is 2.87. The van der Waals surface area contributed by atoms with Crippen molar-refractivity contribution >= 4 is 5.91 Å². The van der Waals surface area contributed by atoms with Crippen molar-refractivity contribution in [1.82, 2.24) is 15.5 Å². The van der Waals surface area contributed by atoms with Crippen LogP contribution in [0.25, 0.3) is 0 Å². The van der Waals surface area contributed by atoms with Crippen LogP contribution < -0.4 is 5.32 Å². The zero-order chi connectivity index (χ0) is 16.4. The molecule has 1 amide bonds. The van der Waals surface area contributed by atoms with Gasteiger partial charge >= 0.3 is 0 Å². The molecule has 6 nitrogen and oxygen atoms in total. The molecule has 118 valence electrons. The van der Waals surface area contributed by atoms with Crippen molar-refractivity contribution in [2.24, 2.45) is 0 Å². The number of rotatable bonds is 4. The Morgan fingerprint density at radius 2 is 2.09 bits per heavy atom. The molecule has 0 aliphatic heterocycles. The molecular formula is C13H12F3N3O3. The summed E-state index contributed by atoms with van der Waals surface area (Å²) in [5.41, 5.74) is -0.824. The second-order valence-corrected chi connectivity index (χ2v) is 4.49. The van der Waals surface area contributed by atoms with E-state index in [1.165, 1.54) is 0 Å². The molecule has 22 heavy (non-hydrogen) atoms. The van der Waals surface area contributed by atoms with E-state index >= 15 is 0 Å². The molecule has 1 aromatic heterocycles. The van der Waals surface area contributed by atoms with Gasteiger partial charge in [-0.15, -0.1) is 0 Å². The minimum atomic E-state index is -1.75. The fourth-order valence-electron chi connectivity index (χ4n) is 1.80. The summed E-state index contributed by atoms with van der Waals surface area (Å²) in [6.45, 7) is 3.26. The number of nitrogens with zero attached hydrogens (tertiary/aromatic N) is 2. The molecule has 0 spiro atoms. The van der Waals surface area contributed by atoms with Crippen LogP contribution in [0, 0.1) is 24.4 Å². The van der Waals surface area contributed by atoms with E-state index in [2.05, 4.69) is 15.5 Å². The predicted molar refractivity (Wildman–Crippen MR) is 67.5 cm³/mol. The summed E-state index contributed by atoms with van der Waals surface area (Å²) in [5.74, 6) is -6.98. The van der Waals surface area contributed by atoms with E-state index in [1.54, 1.807) is 13.8 Å². The molecule has 1 atom stereocenters. The van der Waals surface area contributed by atoms with Crippen molar-refractivity contribution in [3.8, 4) is 5.75 Å². The van der Waals surface area contributed by atoms with Crippen molar-refractivity contribution in [2.75, 3.05) is 0 Å². The standard InChI is InChI=1S/C13H12F3N3O3/c1-3-8(12-17-5(2)22-19-12)18-13(21)6-4-7(14)10(16)11(20)9(6)15/h4,8,20H,3H2,1-2H3,(H,18,21)/t8-/m0/s1. The summed E-state index contributed by atoms with van der Waals surface area (Å²) in [4.78, 5) is 15.9. The van der Waals surface area contributed by atoms with E-state index in [4.69, 9.17) is 9.63 Å². The van der Waals surface area contributed by atoms with Gasteiger partial charge in [0.1, 0.15) is 0 Å². The summed E-state index contributed by atoms with van der Waals surface area (Å²) in [7, 11) is 0. The van der Waals surface area contributed by atoms with Crippen molar-refractivity contribution in [3.05, 3.63) is 40.8 Å². The van der Waals surface area contributed by atoms with Crippen molar-refractivity contribution in [1.29, 1.82) is 0 Å². The summed E-state index contributed by atoms with van der Waals surface area (Å²) < 4.78 is 44.7. The van der Waals surface area contributed by atoms with Gasteiger partial charge in [-0.05, 0) is 12.5 Å². The number of aromatic nitrogens is 2. The molecule has 0 saturated heterocycles. The first-order chi connectivity index (χ1) is 10.3. The number of aryl methyl sites for hydroxylation is 1. The monoisotopic (exact) mass is 315 g/mol. The second kappa shape index (κ2) is 6.04. The highest BCUT2D eigenvalue weighted by Gasteiger charge is 2.25. The maximum atomic E-state index is 13.7.